The predicted octanol–water partition coefficient (Wildman–Crippen LogP) is 2.44. The van der Waals surface area contributed by atoms with Crippen molar-refractivity contribution in [2.24, 2.45) is 0 Å². The minimum absolute atomic E-state index is 0.0325. The molecular formula is C25H33N5O2S. The van der Waals surface area contributed by atoms with Gasteiger partial charge in [0.1, 0.15) is 0 Å². The van der Waals surface area contributed by atoms with E-state index in [0.717, 1.165) is 44.0 Å². The number of rotatable bonds is 6. The summed E-state index contributed by atoms with van der Waals surface area (Å²) in [5, 5.41) is 5.65. The van der Waals surface area contributed by atoms with Crippen LogP contribution in [0.4, 0.5) is 11.4 Å². The number of nitrogens with one attached hydrogen (secondary N) is 2. The van der Waals surface area contributed by atoms with E-state index in [1.54, 1.807) is 0 Å². The topological polar surface area (TPSA) is 67.9 Å². The Hall–Kier alpha value is -2.55. The molecule has 2 N–H and O–H groups in total. The van der Waals surface area contributed by atoms with Crippen LogP contribution in [0.25, 0.3) is 0 Å². The third kappa shape index (κ3) is 5.51. The number of carbonyl (C=O) groups is 2. The highest BCUT2D eigenvalue weighted by Crippen LogP contribution is 2.31. The number of likely N-dealkylation sites (N-methyl/N-ethyl adjacent to an activating group) is 2. The molecule has 1 fully saturated rings. The van der Waals surface area contributed by atoms with Gasteiger partial charge in [0.25, 0.3) is 0 Å². The lowest BCUT2D eigenvalue weighted by Crippen LogP contribution is -2.49. The van der Waals surface area contributed by atoms with Gasteiger partial charge in [0.2, 0.25) is 0 Å². The number of hydrogen-bond acceptors (Lipinski definition) is 6. The molecule has 0 radical (unpaired) electrons. The Bertz CT molecular complexity index is 1010. The highest BCUT2D eigenvalue weighted by atomic mass is 32.2. The smallest absolute Gasteiger partial charge is 0.313 e. The number of piperazine rings is 1. The summed E-state index contributed by atoms with van der Waals surface area (Å²) < 4.78 is 0. The lowest BCUT2D eigenvalue weighted by Gasteiger charge is -2.38. The summed E-state index contributed by atoms with van der Waals surface area (Å²) in [6, 6.07) is 14.2. The van der Waals surface area contributed by atoms with Crippen LogP contribution in [0, 0.1) is 0 Å². The fourth-order valence-corrected chi connectivity index (χ4v) is 5.14. The maximum atomic E-state index is 12.7. The van der Waals surface area contributed by atoms with Gasteiger partial charge in [-0.25, -0.2) is 0 Å². The first kappa shape index (κ1) is 23.6. The van der Waals surface area contributed by atoms with Crippen LogP contribution in [-0.2, 0) is 16.0 Å². The number of anilines is 2. The van der Waals surface area contributed by atoms with Crippen molar-refractivity contribution in [3.63, 3.8) is 0 Å². The van der Waals surface area contributed by atoms with E-state index in [2.05, 4.69) is 57.6 Å². The van der Waals surface area contributed by atoms with Crippen molar-refractivity contribution in [1.82, 2.24) is 15.1 Å². The SMILES string of the molecule is CSc1ccccc1NC(=O)C(=O)NC[C@@H](c1ccc2c(c1)CCN2C)N1CCN(C)CC1. The number of para-hydroxylation sites is 1. The van der Waals surface area contributed by atoms with Crippen LogP contribution >= 0.6 is 11.8 Å². The molecule has 2 aromatic carbocycles. The summed E-state index contributed by atoms with van der Waals surface area (Å²) >= 11 is 1.53. The maximum Gasteiger partial charge on any atom is 0.313 e. The molecule has 2 amide bonds. The molecule has 176 valence electrons. The summed E-state index contributed by atoms with van der Waals surface area (Å²) in [5.41, 5.74) is 4.49. The van der Waals surface area contributed by atoms with Gasteiger partial charge in [-0.2, -0.15) is 0 Å². The number of carbonyl (C=O) groups excluding carboxylic acids is 2. The van der Waals surface area contributed by atoms with Crippen LogP contribution in [0.1, 0.15) is 17.2 Å². The first-order chi connectivity index (χ1) is 16.0. The molecule has 7 nitrogen and oxygen atoms in total. The molecule has 4 rings (SSSR count). The zero-order valence-electron chi connectivity index (χ0n) is 19.6. The molecule has 0 unspecified atom stereocenters. The lowest BCUT2D eigenvalue weighted by molar-refractivity contribution is -0.136. The zero-order chi connectivity index (χ0) is 23.4. The van der Waals surface area contributed by atoms with Crippen LogP contribution in [0.3, 0.4) is 0 Å². The Kier molecular flexibility index (Phi) is 7.57. The number of benzene rings is 2. The maximum absolute atomic E-state index is 12.7. The molecule has 2 aromatic rings. The fraction of sp³-hybridized carbons (Fsp3) is 0.440. The molecule has 2 aliphatic heterocycles. The van der Waals surface area contributed by atoms with E-state index in [0.29, 0.717) is 12.2 Å². The standard InChI is InChI=1S/C25H33N5O2S/c1-28-12-14-30(15-13-28)22(18-8-9-21-19(16-18)10-11-29(21)2)17-26-24(31)25(32)27-20-6-4-5-7-23(20)33-3/h4-9,16,22H,10-15,17H2,1-3H3,(H,26,31)(H,27,32)/t22-/m0/s1. The Labute approximate surface area is 200 Å². The molecule has 33 heavy (non-hydrogen) atoms. The quantitative estimate of drug-likeness (QED) is 0.503. The van der Waals surface area contributed by atoms with Gasteiger partial charge in [0, 0.05) is 56.9 Å². The highest BCUT2D eigenvalue weighted by Gasteiger charge is 2.27. The van der Waals surface area contributed by atoms with Crippen molar-refractivity contribution < 1.29 is 9.59 Å². The average molecular weight is 468 g/mol. The van der Waals surface area contributed by atoms with E-state index in [1.807, 2.05) is 30.5 Å². The number of hydrogen-bond donors (Lipinski definition) is 2. The van der Waals surface area contributed by atoms with Crippen molar-refractivity contribution >= 4 is 35.0 Å². The van der Waals surface area contributed by atoms with Crippen molar-refractivity contribution in [2.75, 3.05) is 69.8 Å². The van der Waals surface area contributed by atoms with Gasteiger partial charge in [-0.1, -0.05) is 24.3 Å². The molecule has 0 spiro atoms. The summed E-state index contributed by atoms with van der Waals surface area (Å²) in [7, 11) is 4.26. The minimum atomic E-state index is -0.635. The Morgan fingerprint density at radius 2 is 1.76 bits per heavy atom. The molecule has 0 aromatic heterocycles. The van der Waals surface area contributed by atoms with Gasteiger partial charge in [0.05, 0.1) is 11.7 Å². The molecular weight excluding hydrogens is 434 g/mol. The van der Waals surface area contributed by atoms with Gasteiger partial charge in [0.15, 0.2) is 0 Å². The van der Waals surface area contributed by atoms with Gasteiger partial charge in [-0.3, -0.25) is 14.5 Å². The van der Waals surface area contributed by atoms with E-state index in [4.69, 9.17) is 0 Å². The van der Waals surface area contributed by atoms with Crippen LogP contribution in [-0.4, -0.2) is 81.2 Å². The van der Waals surface area contributed by atoms with Gasteiger partial charge >= 0.3 is 11.8 Å². The molecule has 2 heterocycles. The first-order valence-corrected chi connectivity index (χ1v) is 12.7. The molecule has 2 aliphatic rings. The summed E-state index contributed by atoms with van der Waals surface area (Å²) in [6.45, 7) is 5.28. The van der Waals surface area contributed by atoms with Crippen LogP contribution in [0.5, 0.6) is 0 Å². The largest absolute Gasteiger partial charge is 0.374 e. The second-order valence-corrected chi connectivity index (χ2v) is 9.63. The van der Waals surface area contributed by atoms with Gasteiger partial charge in [-0.05, 0) is 49.1 Å². The summed E-state index contributed by atoms with van der Waals surface area (Å²) in [6.07, 6.45) is 2.98. The average Bonchev–Trinajstić information content (AvgIpc) is 3.20. The van der Waals surface area contributed by atoms with Gasteiger partial charge < -0.3 is 20.4 Å². The second-order valence-electron chi connectivity index (χ2n) is 8.78. The fourth-order valence-electron chi connectivity index (χ4n) is 4.58. The van der Waals surface area contributed by atoms with Crippen molar-refractivity contribution in [3.8, 4) is 0 Å². The van der Waals surface area contributed by atoms with E-state index < -0.39 is 11.8 Å². The second kappa shape index (κ2) is 10.6. The van der Waals surface area contributed by atoms with Crippen LogP contribution in [0.15, 0.2) is 47.4 Å². The molecule has 0 saturated carbocycles. The Balaban J connectivity index is 1.46. The number of amides is 2. The molecule has 8 heteroatoms. The number of thioether (sulfide) groups is 1. The first-order valence-electron chi connectivity index (χ1n) is 11.4. The van der Waals surface area contributed by atoms with Crippen molar-refractivity contribution in [3.05, 3.63) is 53.6 Å². The molecule has 1 atom stereocenters. The zero-order valence-corrected chi connectivity index (χ0v) is 20.5. The molecule has 0 aliphatic carbocycles. The highest BCUT2D eigenvalue weighted by molar-refractivity contribution is 7.98. The Morgan fingerprint density at radius 3 is 2.52 bits per heavy atom. The van der Waals surface area contributed by atoms with E-state index >= 15 is 0 Å². The number of nitrogens with zero attached hydrogens (tertiary/aromatic N) is 3. The van der Waals surface area contributed by atoms with E-state index in [1.165, 1.54) is 28.6 Å². The molecule has 0 bridgehead atoms. The normalized spacial score (nSPS) is 17.5. The summed E-state index contributed by atoms with van der Waals surface area (Å²) in [5.74, 6) is -1.24. The van der Waals surface area contributed by atoms with E-state index in [9.17, 15) is 9.59 Å². The van der Waals surface area contributed by atoms with Crippen molar-refractivity contribution in [2.45, 2.75) is 17.4 Å². The minimum Gasteiger partial charge on any atom is -0.374 e. The number of fused-ring (bicyclic) bond motifs is 1. The summed E-state index contributed by atoms with van der Waals surface area (Å²) in [4.78, 5) is 33.2. The van der Waals surface area contributed by atoms with Crippen LogP contribution in [0.2, 0.25) is 0 Å². The molecule has 1 saturated heterocycles. The van der Waals surface area contributed by atoms with Crippen molar-refractivity contribution in [1.29, 1.82) is 0 Å². The van der Waals surface area contributed by atoms with Gasteiger partial charge in [-0.15, -0.1) is 11.8 Å². The monoisotopic (exact) mass is 467 g/mol. The Morgan fingerprint density at radius 1 is 1.00 bits per heavy atom. The van der Waals surface area contributed by atoms with Crippen LogP contribution < -0.4 is 15.5 Å². The third-order valence-electron chi connectivity index (χ3n) is 6.61. The van der Waals surface area contributed by atoms with E-state index in [-0.39, 0.29) is 6.04 Å². The third-order valence-corrected chi connectivity index (χ3v) is 7.41. The lowest BCUT2D eigenvalue weighted by atomic mass is 10.00. The predicted molar refractivity (Wildman–Crippen MR) is 135 cm³/mol.